The number of amides is 1. The van der Waals surface area contributed by atoms with Gasteiger partial charge >= 0.3 is 5.97 Å². The number of nitrogens with zero attached hydrogens (tertiary/aromatic N) is 1. The standard InChI is InChI=1S/C18H28N2O3/c1-13(2)11-15-7-5-14(6-8-15)9-10-17(21)19-16(18(22)23)12-20(3)4/h5-8,13,16H,9-12H2,1-4H3,(H,19,21)(H,22,23). The summed E-state index contributed by atoms with van der Waals surface area (Å²) in [6, 6.07) is 7.41. The molecule has 1 atom stereocenters. The minimum atomic E-state index is -1.01. The Labute approximate surface area is 138 Å². The zero-order valence-corrected chi connectivity index (χ0v) is 14.5. The SMILES string of the molecule is CC(C)Cc1ccc(CCC(=O)NC(CN(C)C)C(=O)O)cc1. The van der Waals surface area contributed by atoms with Crippen LogP contribution >= 0.6 is 0 Å². The molecule has 23 heavy (non-hydrogen) atoms. The molecule has 0 aliphatic rings. The van der Waals surface area contributed by atoms with Crippen LogP contribution in [0.25, 0.3) is 0 Å². The van der Waals surface area contributed by atoms with Crippen molar-refractivity contribution in [1.29, 1.82) is 0 Å². The molecular formula is C18H28N2O3. The number of carbonyl (C=O) groups is 2. The van der Waals surface area contributed by atoms with E-state index in [0.29, 0.717) is 18.8 Å². The Morgan fingerprint density at radius 3 is 2.17 bits per heavy atom. The lowest BCUT2D eigenvalue weighted by Crippen LogP contribution is -2.46. The first-order chi connectivity index (χ1) is 10.8. The zero-order valence-electron chi connectivity index (χ0n) is 14.5. The van der Waals surface area contributed by atoms with Gasteiger partial charge in [0.1, 0.15) is 6.04 Å². The third-order valence-electron chi connectivity index (χ3n) is 3.49. The van der Waals surface area contributed by atoms with Gasteiger partial charge in [0.2, 0.25) is 5.91 Å². The number of nitrogens with one attached hydrogen (secondary N) is 1. The number of carbonyl (C=O) groups excluding carboxylic acids is 1. The highest BCUT2D eigenvalue weighted by Crippen LogP contribution is 2.11. The third kappa shape index (κ3) is 7.79. The molecule has 0 heterocycles. The molecule has 0 aliphatic carbocycles. The number of aryl methyl sites for hydroxylation is 1. The van der Waals surface area contributed by atoms with Gasteiger partial charge < -0.3 is 15.3 Å². The number of aliphatic carboxylic acids is 1. The summed E-state index contributed by atoms with van der Waals surface area (Å²) in [6.07, 6.45) is 1.95. The quantitative estimate of drug-likeness (QED) is 0.730. The average Bonchev–Trinajstić information content (AvgIpc) is 2.44. The van der Waals surface area contributed by atoms with Crippen LogP contribution in [0, 0.1) is 5.92 Å². The molecule has 0 spiro atoms. The lowest BCUT2D eigenvalue weighted by Gasteiger charge is -2.18. The fourth-order valence-electron chi connectivity index (χ4n) is 2.39. The predicted octanol–water partition coefficient (Wildman–Crippen LogP) is 1.95. The Morgan fingerprint density at radius 2 is 1.70 bits per heavy atom. The molecule has 1 amide bonds. The van der Waals surface area contributed by atoms with Gasteiger partial charge in [0.05, 0.1) is 0 Å². The van der Waals surface area contributed by atoms with Gasteiger partial charge in [0.25, 0.3) is 0 Å². The molecule has 1 aromatic rings. The number of carboxylic acid groups (broad SMARTS) is 1. The van der Waals surface area contributed by atoms with Crippen molar-refractivity contribution in [3.8, 4) is 0 Å². The second-order valence-corrected chi connectivity index (χ2v) is 6.64. The zero-order chi connectivity index (χ0) is 17.4. The van der Waals surface area contributed by atoms with E-state index in [-0.39, 0.29) is 12.5 Å². The minimum absolute atomic E-state index is 0.231. The maximum Gasteiger partial charge on any atom is 0.327 e. The second-order valence-electron chi connectivity index (χ2n) is 6.64. The van der Waals surface area contributed by atoms with Crippen molar-refractivity contribution in [2.75, 3.05) is 20.6 Å². The molecular weight excluding hydrogens is 292 g/mol. The van der Waals surface area contributed by atoms with Crippen LogP contribution in [0.2, 0.25) is 0 Å². The average molecular weight is 320 g/mol. The van der Waals surface area contributed by atoms with Crippen LogP contribution in [-0.4, -0.2) is 48.6 Å². The molecule has 1 unspecified atom stereocenters. The van der Waals surface area contributed by atoms with Crippen molar-refractivity contribution in [3.63, 3.8) is 0 Å². The smallest absolute Gasteiger partial charge is 0.327 e. The Bertz CT molecular complexity index is 510. The van der Waals surface area contributed by atoms with Gasteiger partial charge in [0.15, 0.2) is 0 Å². The Kier molecular flexibility index (Phi) is 7.75. The normalized spacial score (nSPS) is 12.4. The van der Waals surface area contributed by atoms with Crippen molar-refractivity contribution in [3.05, 3.63) is 35.4 Å². The maximum atomic E-state index is 11.9. The number of hydrogen-bond donors (Lipinski definition) is 2. The first-order valence-corrected chi connectivity index (χ1v) is 8.02. The number of rotatable bonds is 9. The first kappa shape index (κ1) is 19.2. The van der Waals surface area contributed by atoms with Crippen LogP contribution in [0.15, 0.2) is 24.3 Å². The molecule has 0 bridgehead atoms. The van der Waals surface area contributed by atoms with E-state index in [4.69, 9.17) is 5.11 Å². The van der Waals surface area contributed by atoms with E-state index in [0.717, 1.165) is 12.0 Å². The number of benzene rings is 1. The molecule has 128 valence electrons. The molecule has 0 radical (unpaired) electrons. The maximum absolute atomic E-state index is 11.9. The topological polar surface area (TPSA) is 69.6 Å². The lowest BCUT2D eigenvalue weighted by atomic mass is 10.0. The molecule has 5 heteroatoms. The van der Waals surface area contributed by atoms with Crippen molar-refractivity contribution in [2.24, 2.45) is 5.92 Å². The molecule has 5 nitrogen and oxygen atoms in total. The van der Waals surface area contributed by atoms with Crippen LogP contribution in [0.4, 0.5) is 0 Å². The van der Waals surface area contributed by atoms with Crippen molar-refractivity contribution in [2.45, 2.75) is 39.2 Å². The number of carboxylic acids is 1. The number of likely N-dealkylation sites (N-methyl/N-ethyl adjacent to an activating group) is 1. The second kappa shape index (κ2) is 9.30. The number of hydrogen-bond acceptors (Lipinski definition) is 3. The fourth-order valence-corrected chi connectivity index (χ4v) is 2.39. The molecule has 0 fully saturated rings. The summed E-state index contributed by atoms with van der Waals surface area (Å²) in [7, 11) is 3.56. The summed E-state index contributed by atoms with van der Waals surface area (Å²) < 4.78 is 0. The molecule has 0 saturated carbocycles. The molecule has 0 saturated heterocycles. The van der Waals surface area contributed by atoms with E-state index in [9.17, 15) is 9.59 Å². The van der Waals surface area contributed by atoms with Gasteiger partial charge in [-0.25, -0.2) is 4.79 Å². The highest BCUT2D eigenvalue weighted by Gasteiger charge is 2.20. The van der Waals surface area contributed by atoms with Crippen LogP contribution in [0.3, 0.4) is 0 Å². The van der Waals surface area contributed by atoms with Crippen molar-refractivity contribution < 1.29 is 14.7 Å². The molecule has 1 rings (SSSR count). The monoisotopic (exact) mass is 320 g/mol. The largest absolute Gasteiger partial charge is 0.480 e. The Morgan fingerprint density at radius 1 is 1.13 bits per heavy atom. The third-order valence-corrected chi connectivity index (χ3v) is 3.49. The minimum Gasteiger partial charge on any atom is -0.480 e. The van der Waals surface area contributed by atoms with Gasteiger partial charge in [-0.2, -0.15) is 0 Å². The van der Waals surface area contributed by atoms with Gasteiger partial charge in [-0.15, -0.1) is 0 Å². The fraction of sp³-hybridized carbons (Fsp3) is 0.556. The van der Waals surface area contributed by atoms with Gasteiger partial charge in [-0.3, -0.25) is 4.79 Å². The molecule has 2 N–H and O–H groups in total. The van der Waals surface area contributed by atoms with Crippen molar-refractivity contribution >= 4 is 11.9 Å². The van der Waals surface area contributed by atoms with E-state index in [1.54, 1.807) is 19.0 Å². The summed E-state index contributed by atoms with van der Waals surface area (Å²) in [5, 5.41) is 11.7. The van der Waals surface area contributed by atoms with Gasteiger partial charge in [-0.05, 0) is 44.0 Å². The van der Waals surface area contributed by atoms with E-state index >= 15 is 0 Å². The summed E-state index contributed by atoms with van der Waals surface area (Å²) in [5.74, 6) is -0.619. The van der Waals surface area contributed by atoms with Crippen molar-refractivity contribution in [1.82, 2.24) is 10.2 Å². The Balaban J connectivity index is 2.47. The lowest BCUT2D eigenvalue weighted by molar-refractivity contribution is -0.142. The summed E-state index contributed by atoms with van der Waals surface area (Å²) in [5.41, 5.74) is 2.39. The van der Waals surface area contributed by atoms with E-state index in [2.05, 4.69) is 31.3 Å². The highest BCUT2D eigenvalue weighted by atomic mass is 16.4. The molecule has 0 aliphatic heterocycles. The van der Waals surface area contributed by atoms with Crippen LogP contribution in [-0.2, 0) is 22.4 Å². The van der Waals surface area contributed by atoms with E-state index in [1.165, 1.54) is 5.56 Å². The highest BCUT2D eigenvalue weighted by molar-refractivity contribution is 5.83. The van der Waals surface area contributed by atoms with Crippen LogP contribution < -0.4 is 5.32 Å². The molecule has 0 aromatic heterocycles. The van der Waals surface area contributed by atoms with Crippen LogP contribution in [0.5, 0.6) is 0 Å². The van der Waals surface area contributed by atoms with Gasteiger partial charge in [-0.1, -0.05) is 38.1 Å². The first-order valence-electron chi connectivity index (χ1n) is 8.02. The summed E-state index contributed by atoms with van der Waals surface area (Å²) in [4.78, 5) is 24.8. The summed E-state index contributed by atoms with van der Waals surface area (Å²) >= 11 is 0. The van der Waals surface area contributed by atoms with E-state index in [1.807, 2.05) is 12.1 Å². The molecule has 1 aromatic carbocycles. The Hall–Kier alpha value is -1.88. The van der Waals surface area contributed by atoms with Crippen LogP contribution in [0.1, 0.15) is 31.4 Å². The predicted molar refractivity (Wildman–Crippen MR) is 91.4 cm³/mol. The van der Waals surface area contributed by atoms with E-state index < -0.39 is 12.0 Å². The van der Waals surface area contributed by atoms with Gasteiger partial charge in [0, 0.05) is 13.0 Å². The summed E-state index contributed by atoms with van der Waals surface area (Å²) in [6.45, 7) is 4.65.